The van der Waals surface area contributed by atoms with E-state index in [4.69, 9.17) is 4.74 Å². The summed E-state index contributed by atoms with van der Waals surface area (Å²) in [5.74, 6) is 1.52. The van der Waals surface area contributed by atoms with Crippen LogP contribution in [0, 0.1) is 5.82 Å². The molecule has 0 unspecified atom stereocenters. The Morgan fingerprint density at radius 2 is 1.73 bits per heavy atom. The molecule has 0 atom stereocenters. The molecule has 1 aromatic carbocycles. The number of thioether (sulfide) groups is 1. The summed E-state index contributed by atoms with van der Waals surface area (Å²) in [4.78, 5) is 48.3. The molecule has 1 aliphatic carbocycles. The third-order valence-electron chi connectivity index (χ3n) is 7.84. The Kier molecular flexibility index (Phi) is 7.55. The van der Waals surface area contributed by atoms with Crippen LogP contribution in [-0.2, 0) is 4.79 Å². The summed E-state index contributed by atoms with van der Waals surface area (Å²) in [6, 6.07) is 10.2. The third-order valence-corrected chi connectivity index (χ3v) is 8.89. The quantitative estimate of drug-likeness (QED) is 0.378. The molecular weight excluding hydrogens is 533 g/mol. The largest absolute Gasteiger partial charge is 0.482 e. The van der Waals surface area contributed by atoms with Gasteiger partial charge in [-0.2, -0.15) is 11.8 Å². The Morgan fingerprint density at radius 3 is 2.52 bits per heavy atom. The van der Waals surface area contributed by atoms with Gasteiger partial charge in [-0.3, -0.25) is 23.7 Å². The topological polar surface area (TPSA) is 108 Å². The Labute approximate surface area is 233 Å². The maximum Gasteiger partial charge on any atom is 0.333 e. The van der Waals surface area contributed by atoms with Crippen LogP contribution in [0.25, 0.3) is 21.9 Å². The van der Waals surface area contributed by atoms with Gasteiger partial charge < -0.3 is 10.1 Å². The maximum absolute atomic E-state index is 14.1. The van der Waals surface area contributed by atoms with Gasteiger partial charge in [0.25, 0.3) is 11.5 Å². The van der Waals surface area contributed by atoms with Crippen molar-refractivity contribution in [1.82, 2.24) is 24.4 Å². The second kappa shape index (κ2) is 11.4. The highest BCUT2D eigenvalue weighted by atomic mass is 32.2. The van der Waals surface area contributed by atoms with E-state index in [9.17, 15) is 18.8 Å². The van der Waals surface area contributed by atoms with Crippen molar-refractivity contribution in [3.8, 4) is 5.75 Å². The van der Waals surface area contributed by atoms with Crippen LogP contribution in [0.5, 0.6) is 5.75 Å². The number of para-hydroxylation sites is 1. The van der Waals surface area contributed by atoms with E-state index in [0.717, 1.165) is 41.4 Å². The van der Waals surface area contributed by atoms with E-state index in [0.29, 0.717) is 31.4 Å². The molecule has 40 heavy (non-hydrogen) atoms. The molecule has 208 valence electrons. The second-order valence-corrected chi connectivity index (χ2v) is 11.6. The lowest BCUT2D eigenvalue weighted by molar-refractivity contribution is -0.124. The molecule has 1 aliphatic heterocycles. The van der Waals surface area contributed by atoms with Gasteiger partial charge in [0.2, 0.25) is 0 Å². The van der Waals surface area contributed by atoms with Crippen LogP contribution in [-0.4, -0.2) is 49.2 Å². The molecule has 3 aromatic heterocycles. The van der Waals surface area contributed by atoms with Crippen molar-refractivity contribution in [3.05, 3.63) is 75.4 Å². The van der Waals surface area contributed by atoms with E-state index in [1.807, 2.05) is 42.1 Å². The summed E-state index contributed by atoms with van der Waals surface area (Å²) in [6.07, 6.45) is 6.57. The van der Waals surface area contributed by atoms with E-state index < -0.39 is 11.4 Å². The number of amides is 1. The SMILES string of the molecule is O=C(COc1cnc2ccccc2c1)N[C@H]1CC[C@@H](n2c(=O)c3cc(F)cnc3n(C3CCSCC3)c2=O)CC1. The van der Waals surface area contributed by atoms with Crippen LogP contribution in [0.15, 0.2) is 58.4 Å². The fourth-order valence-electron chi connectivity index (χ4n) is 5.83. The Hall–Kier alpha value is -3.73. The fourth-order valence-corrected chi connectivity index (χ4v) is 6.91. The highest BCUT2D eigenvalue weighted by molar-refractivity contribution is 7.99. The van der Waals surface area contributed by atoms with Gasteiger partial charge in [-0.05, 0) is 68.2 Å². The van der Waals surface area contributed by atoms with Gasteiger partial charge >= 0.3 is 5.69 Å². The number of rotatable bonds is 6. The molecule has 11 heteroatoms. The number of nitrogens with one attached hydrogen (secondary N) is 1. The van der Waals surface area contributed by atoms with Crippen molar-refractivity contribution in [1.29, 1.82) is 0 Å². The van der Waals surface area contributed by atoms with Crippen LogP contribution in [0.2, 0.25) is 0 Å². The number of ether oxygens (including phenoxy) is 1. The van der Waals surface area contributed by atoms with Crippen LogP contribution in [0.3, 0.4) is 0 Å². The molecule has 1 saturated carbocycles. The zero-order valence-corrected chi connectivity index (χ0v) is 22.7. The van der Waals surface area contributed by atoms with Gasteiger partial charge in [0.1, 0.15) is 17.2 Å². The van der Waals surface area contributed by atoms with E-state index in [2.05, 4.69) is 15.3 Å². The minimum Gasteiger partial charge on any atom is -0.482 e. The first-order valence-corrected chi connectivity index (χ1v) is 14.8. The summed E-state index contributed by atoms with van der Waals surface area (Å²) < 4.78 is 22.7. The van der Waals surface area contributed by atoms with Crippen LogP contribution in [0.4, 0.5) is 4.39 Å². The van der Waals surface area contributed by atoms with Gasteiger partial charge in [0.15, 0.2) is 6.61 Å². The summed E-state index contributed by atoms with van der Waals surface area (Å²) in [6.45, 7) is -0.132. The minimum absolute atomic E-state index is 0.0745. The Balaban J connectivity index is 1.14. The molecule has 0 bridgehead atoms. The molecule has 1 saturated heterocycles. The Morgan fingerprint density at radius 1 is 0.975 bits per heavy atom. The monoisotopic (exact) mass is 563 g/mol. The van der Waals surface area contributed by atoms with Crippen molar-refractivity contribution in [2.45, 2.75) is 56.7 Å². The Bertz CT molecular complexity index is 1680. The number of benzene rings is 1. The van der Waals surface area contributed by atoms with Gasteiger partial charge in [-0.1, -0.05) is 18.2 Å². The van der Waals surface area contributed by atoms with E-state index in [-0.39, 0.29) is 47.4 Å². The van der Waals surface area contributed by atoms with Crippen molar-refractivity contribution in [2.75, 3.05) is 18.1 Å². The lowest BCUT2D eigenvalue weighted by atomic mass is 9.91. The van der Waals surface area contributed by atoms with Gasteiger partial charge in [0, 0.05) is 23.5 Å². The van der Waals surface area contributed by atoms with Crippen molar-refractivity contribution in [3.63, 3.8) is 0 Å². The van der Waals surface area contributed by atoms with Crippen LogP contribution in [0.1, 0.15) is 50.6 Å². The zero-order chi connectivity index (χ0) is 27.6. The number of hydrogen-bond donors (Lipinski definition) is 1. The number of carbonyl (C=O) groups is 1. The summed E-state index contributed by atoms with van der Waals surface area (Å²) in [5.41, 5.74) is 0.233. The molecular formula is C29H30FN5O4S. The molecule has 0 spiro atoms. The predicted molar refractivity (Wildman–Crippen MR) is 152 cm³/mol. The summed E-state index contributed by atoms with van der Waals surface area (Å²) >= 11 is 1.84. The van der Waals surface area contributed by atoms with E-state index >= 15 is 0 Å². The number of carbonyl (C=O) groups excluding carboxylic acids is 1. The van der Waals surface area contributed by atoms with E-state index in [1.54, 1.807) is 10.8 Å². The van der Waals surface area contributed by atoms with Gasteiger partial charge in [-0.15, -0.1) is 0 Å². The molecule has 1 N–H and O–H groups in total. The first kappa shape index (κ1) is 26.5. The first-order valence-electron chi connectivity index (χ1n) is 13.6. The zero-order valence-electron chi connectivity index (χ0n) is 21.9. The number of fused-ring (bicyclic) bond motifs is 2. The second-order valence-electron chi connectivity index (χ2n) is 10.4. The number of halogens is 1. The third kappa shape index (κ3) is 5.34. The average molecular weight is 564 g/mol. The number of nitrogens with zero attached hydrogens (tertiary/aromatic N) is 4. The van der Waals surface area contributed by atoms with E-state index in [1.165, 1.54) is 10.6 Å². The highest BCUT2D eigenvalue weighted by Gasteiger charge is 2.29. The number of aromatic nitrogens is 4. The average Bonchev–Trinajstić information content (AvgIpc) is 2.98. The van der Waals surface area contributed by atoms with Gasteiger partial charge in [-0.25, -0.2) is 14.2 Å². The standard InChI is InChI=1S/C29H30FN5O4S/c30-19-14-24-27(32-15-19)34(22-9-11-40-12-10-22)29(38)35(28(24)37)21-7-5-20(6-8-21)33-26(36)17-39-23-13-18-3-1-2-4-25(18)31-16-23/h1-4,13-16,20-22H,5-12,17H2,(H,33,36)/t20-,21+. The maximum atomic E-state index is 14.1. The molecule has 6 rings (SSSR count). The molecule has 0 radical (unpaired) electrons. The highest BCUT2D eigenvalue weighted by Crippen LogP contribution is 2.30. The first-order chi connectivity index (χ1) is 19.5. The fraction of sp³-hybridized carbons (Fsp3) is 0.414. The normalized spacial score (nSPS) is 20.0. The van der Waals surface area contributed by atoms with Crippen LogP contribution >= 0.6 is 11.8 Å². The summed E-state index contributed by atoms with van der Waals surface area (Å²) in [7, 11) is 0. The van der Waals surface area contributed by atoms with Crippen molar-refractivity contribution >= 4 is 39.6 Å². The summed E-state index contributed by atoms with van der Waals surface area (Å²) in [5, 5.41) is 4.08. The number of hydrogen-bond acceptors (Lipinski definition) is 7. The molecule has 2 fully saturated rings. The minimum atomic E-state index is -0.603. The van der Waals surface area contributed by atoms with Crippen LogP contribution < -0.4 is 21.3 Å². The molecule has 9 nitrogen and oxygen atoms in total. The molecule has 4 aromatic rings. The lowest BCUT2D eigenvalue weighted by Gasteiger charge is -2.31. The lowest BCUT2D eigenvalue weighted by Crippen LogP contribution is -2.47. The smallest absolute Gasteiger partial charge is 0.333 e. The van der Waals surface area contributed by atoms with Crippen molar-refractivity contribution < 1.29 is 13.9 Å². The number of pyridine rings is 2. The predicted octanol–water partition coefficient (Wildman–Crippen LogP) is 3.99. The molecule has 4 heterocycles. The molecule has 1 amide bonds. The van der Waals surface area contributed by atoms with Crippen molar-refractivity contribution in [2.24, 2.45) is 0 Å². The molecule has 2 aliphatic rings. The van der Waals surface area contributed by atoms with Gasteiger partial charge in [0.05, 0.1) is 23.3 Å².